The summed E-state index contributed by atoms with van der Waals surface area (Å²) in [5.41, 5.74) is 1.92. The van der Waals surface area contributed by atoms with Gasteiger partial charge in [-0.25, -0.2) is 0 Å². The number of tetrazole rings is 1. The Bertz CT molecular complexity index is 769. The van der Waals surface area contributed by atoms with E-state index in [0.29, 0.717) is 22.8 Å². The number of hydrogen-bond acceptors (Lipinski definition) is 4. The fraction of sp³-hybridized carbons (Fsp3) is 0.556. The highest BCUT2D eigenvalue weighted by Gasteiger charge is 2.51. The van der Waals surface area contributed by atoms with Crippen molar-refractivity contribution in [3.8, 4) is 11.4 Å². The number of benzene rings is 1. The summed E-state index contributed by atoms with van der Waals surface area (Å²) in [6, 6.07) is 7.86. The number of nitrogens with zero attached hydrogens (tertiary/aromatic N) is 4. The molecule has 1 aliphatic carbocycles. The van der Waals surface area contributed by atoms with Gasteiger partial charge >= 0.3 is 0 Å². The van der Waals surface area contributed by atoms with E-state index < -0.39 is 0 Å². The Morgan fingerprint density at radius 1 is 1.25 bits per heavy atom. The second-order valence-corrected chi connectivity index (χ2v) is 8.43. The van der Waals surface area contributed by atoms with Gasteiger partial charge in [0.05, 0.1) is 5.56 Å². The van der Waals surface area contributed by atoms with E-state index in [0.717, 1.165) is 24.9 Å². The lowest BCUT2D eigenvalue weighted by molar-refractivity contribution is 0.0709. The number of nitrogens with one attached hydrogen (secondary N) is 1. The highest BCUT2D eigenvalue weighted by atomic mass is 16.2. The van der Waals surface area contributed by atoms with Crippen LogP contribution < -0.4 is 0 Å². The maximum Gasteiger partial charge on any atom is 0.254 e. The molecule has 1 amide bonds. The number of hydrogen-bond donors (Lipinski definition) is 1. The number of aromatic amines is 1. The molecule has 1 aromatic carbocycles. The summed E-state index contributed by atoms with van der Waals surface area (Å²) in [7, 11) is 0. The number of rotatable bonds is 2. The van der Waals surface area contributed by atoms with Gasteiger partial charge in [-0.2, -0.15) is 5.21 Å². The highest BCUT2D eigenvalue weighted by molar-refractivity contribution is 6.00. The van der Waals surface area contributed by atoms with Crippen molar-refractivity contribution in [3.63, 3.8) is 0 Å². The maximum absolute atomic E-state index is 13.3. The topological polar surface area (TPSA) is 74.8 Å². The lowest BCUT2D eigenvalue weighted by atomic mass is 9.65. The van der Waals surface area contributed by atoms with Crippen molar-refractivity contribution in [2.24, 2.45) is 10.8 Å². The minimum absolute atomic E-state index is 0.0850. The summed E-state index contributed by atoms with van der Waals surface area (Å²) < 4.78 is 0. The number of fused-ring (bicyclic) bond motifs is 2. The largest absolute Gasteiger partial charge is 0.335 e. The van der Waals surface area contributed by atoms with Crippen molar-refractivity contribution in [2.75, 3.05) is 6.54 Å². The third-order valence-corrected chi connectivity index (χ3v) is 5.42. The van der Waals surface area contributed by atoms with Crippen LogP contribution in [-0.2, 0) is 0 Å². The van der Waals surface area contributed by atoms with Gasteiger partial charge in [0.1, 0.15) is 0 Å². The lowest BCUT2D eigenvalue weighted by Crippen LogP contribution is -2.37. The van der Waals surface area contributed by atoms with Crippen LogP contribution in [0.3, 0.4) is 0 Å². The van der Waals surface area contributed by atoms with Crippen LogP contribution in [-0.4, -0.2) is 44.0 Å². The zero-order valence-corrected chi connectivity index (χ0v) is 14.4. The number of amides is 1. The summed E-state index contributed by atoms with van der Waals surface area (Å²) in [5.74, 6) is 0.550. The van der Waals surface area contributed by atoms with Gasteiger partial charge in [0, 0.05) is 18.2 Å². The molecule has 1 aliphatic heterocycles. The van der Waals surface area contributed by atoms with Gasteiger partial charge in [-0.1, -0.05) is 39.0 Å². The molecule has 4 rings (SSSR count). The van der Waals surface area contributed by atoms with Crippen LogP contribution in [0.25, 0.3) is 11.4 Å². The zero-order chi connectivity index (χ0) is 16.9. The van der Waals surface area contributed by atoms with Crippen LogP contribution in [0.4, 0.5) is 0 Å². The molecule has 6 heteroatoms. The first-order chi connectivity index (χ1) is 11.4. The summed E-state index contributed by atoms with van der Waals surface area (Å²) >= 11 is 0. The summed E-state index contributed by atoms with van der Waals surface area (Å²) in [6.07, 6.45) is 3.35. The molecule has 2 bridgehead atoms. The smallest absolute Gasteiger partial charge is 0.254 e. The Morgan fingerprint density at radius 2 is 2.04 bits per heavy atom. The van der Waals surface area contributed by atoms with Crippen molar-refractivity contribution >= 4 is 5.91 Å². The molecular formula is C18H23N5O. The van der Waals surface area contributed by atoms with Gasteiger partial charge in [0.25, 0.3) is 5.91 Å². The number of H-pyrrole nitrogens is 1. The van der Waals surface area contributed by atoms with Crippen molar-refractivity contribution in [2.45, 2.75) is 46.1 Å². The molecular weight excluding hydrogens is 302 g/mol. The van der Waals surface area contributed by atoms with Crippen molar-refractivity contribution < 1.29 is 4.79 Å². The van der Waals surface area contributed by atoms with Crippen LogP contribution in [0.5, 0.6) is 0 Å². The standard InChI is InChI=1S/C18H23N5O/c1-17(2)8-12-9-18(3,10-17)11-23(12)16(24)14-7-5-4-6-13(14)15-19-21-22-20-15/h4-7,12H,8-11H2,1-3H3,(H,19,20,21,22)/t12-,18-/m1/s1. The number of carbonyl (C=O) groups excluding carboxylic acids is 1. The van der Waals surface area contributed by atoms with Crippen molar-refractivity contribution in [1.29, 1.82) is 0 Å². The third-order valence-electron chi connectivity index (χ3n) is 5.42. The third kappa shape index (κ3) is 2.50. The average molecular weight is 325 g/mol. The van der Waals surface area contributed by atoms with E-state index in [-0.39, 0.29) is 11.3 Å². The molecule has 1 saturated carbocycles. The first-order valence-electron chi connectivity index (χ1n) is 8.51. The molecule has 6 nitrogen and oxygen atoms in total. The minimum Gasteiger partial charge on any atom is -0.335 e. The Kier molecular flexibility index (Phi) is 3.27. The van der Waals surface area contributed by atoms with Gasteiger partial charge in [0.2, 0.25) is 5.82 Å². The number of likely N-dealkylation sites (tertiary alicyclic amines) is 1. The van der Waals surface area contributed by atoms with Crippen LogP contribution in [0.1, 0.15) is 50.4 Å². The monoisotopic (exact) mass is 325 g/mol. The fourth-order valence-electron chi connectivity index (χ4n) is 4.99. The lowest BCUT2D eigenvalue weighted by Gasteiger charge is -2.39. The first kappa shape index (κ1) is 15.3. The van der Waals surface area contributed by atoms with Gasteiger partial charge in [-0.3, -0.25) is 4.79 Å². The predicted molar refractivity (Wildman–Crippen MR) is 90.2 cm³/mol. The Morgan fingerprint density at radius 3 is 2.79 bits per heavy atom. The predicted octanol–water partition coefficient (Wildman–Crippen LogP) is 2.91. The molecule has 2 atom stereocenters. The van der Waals surface area contributed by atoms with E-state index in [2.05, 4.69) is 46.3 Å². The van der Waals surface area contributed by atoms with E-state index in [1.54, 1.807) is 0 Å². The van der Waals surface area contributed by atoms with Crippen molar-refractivity contribution in [1.82, 2.24) is 25.5 Å². The Labute approximate surface area is 141 Å². The number of carbonyl (C=O) groups is 1. The molecule has 2 aromatic rings. The molecule has 0 radical (unpaired) electrons. The van der Waals surface area contributed by atoms with Gasteiger partial charge in [0.15, 0.2) is 0 Å². The zero-order valence-electron chi connectivity index (χ0n) is 14.4. The minimum atomic E-state index is 0.0850. The normalized spacial score (nSPS) is 28.1. The summed E-state index contributed by atoms with van der Waals surface area (Å²) in [4.78, 5) is 15.4. The SMILES string of the molecule is CC1(C)C[C@@H]2C[C@@](C)(CN2C(=O)c2ccccc2-c2nn[nH]n2)C1. The van der Waals surface area contributed by atoms with E-state index in [1.807, 2.05) is 24.3 Å². The summed E-state index contributed by atoms with van der Waals surface area (Å²) in [6.45, 7) is 7.79. The van der Waals surface area contributed by atoms with E-state index in [1.165, 1.54) is 6.42 Å². The molecule has 0 spiro atoms. The maximum atomic E-state index is 13.3. The van der Waals surface area contributed by atoms with E-state index in [9.17, 15) is 4.79 Å². The molecule has 0 unspecified atom stereocenters. The Hall–Kier alpha value is -2.24. The van der Waals surface area contributed by atoms with Crippen LogP contribution in [0.2, 0.25) is 0 Å². The second-order valence-electron chi connectivity index (χ2n) is 8.43. The van der Waals surface area contributed by atoms with Crippen LogP contribution in [0, 0.1) is 10.8 Å². The van der Waals surface area contributed by atoms with Crippen LogP contribution >= 0.6 is 0 Å². The van der Waals surface area contributed by atoms with Gasteiger partial charge < -0.3 is 4.90 Å². The molecule has 2 aliphatic rings. The van der Waals surface area contributed by atoms with Crippen LogP contribution in [0.15, 0.2) is 24.3 Å². The molecule has 1 N–H and O–H groups in total. The molecule has 1 saturated heterocycles. The fourth-order valence-corrected chi connectivity index (χ4v) is 4.99. The van der Waals surface area contributed by atoms with Gasteiger partial charge in [-0.15, -0.1) is 10.2 Å². The molecule has 2 fully saturated rings. The van der Waals surface area contributed by atoms with Crippen molar-refractivity contribution in [3.05, 3.63) is 29.8 Å². The second kappa shape index (κ2) is 5.13. The van der Waals surface area contributed by atoms with Gasteiger partial charge in [-0.05, 0) is 41.4 Å². The molecule has 2 heterocycles. The summed E-state index contributed by atoms with van der Waals surface area (Å²) in [5, 5.41) is 14.2. The Balaban J connectivity index is 1.69. The first-order valence-corrected chi connectivity index (χ1v) is 8.51. The average Bonchev–Trinajstić information content (AvgIpc) is 3.12. The van der Waals surface area contributed by atoms with E-state index in [4.69, 9.17) is 0 Å². The molecule has 1 aromatic heterocycles. The quantitative estimate of drug-likeness (QED) is 0.921. The van der Waals surface area contributed by atoms with E-state index >= 15 is 0 Å². The highest BCUT2D eigenvalue weighted by Crippen LogP contribution is 2.52. The molecule has 24 heavy (non-hydrogen) atoms. The number of aromatic nitrogens is 4. The molecule has 126 valence electrons.